The molecule has 0 fully saturated rings. The van der Waals surface area contributed by atoms with E-state index in [9.17, 15) is 0 Å². The van der Waals surface area contributed by atoms with Crippen LogP contribution in [0.3, 0.4) is 0 Å². The summed E-state index contributed by atoms with van der Waals surface area (Å²) >= 11 is 0. The monoisotopic (exact) mass is 328 g/mol. The van der Waals surface area contributed by atoms with E-state index < -0.39 is 8.32 Å². The number of unbranched alkanes of at least 4 members (excludes halogenated alkanes) is 5. The van der Waals surface area contributed by atoms with Crippen LogP contribution >= 0.6 is 0 Å². The fourth-order valence-corrected chi connectivity index (χ4v) is 10.2. The van der Waals surface area contributed by atoms with Gasteiger partial charge in [-0.25, -0.2) is 0 Å². The summed E-state index contributed by atoms with van der Waals surface area (Å²) in [5.74, 6) is 0. The van der Waals surface area contributed by atoms with Crippen molar-refractivity contribution in [1.29, 1.82) is 0 Å². The zero-order valence-corrected chi connectivity index (χ0v) is 17.7. The summed E-state index contributed by atoms with van der Waals surface area (Å²) in [6.45, 7) is 17.7. The van der Waals surface area contributed by atoms with Crippen molar-refractivity contribution in [3.8, 4) is 0 Å². The van der Waals surface area contributed by atoms with Gasteiger partial charge in [0, 0.05) is 6.61 Å². The summed E-state index contributed by atoms with van der Waals surface area (Å²) in [7, 11) is -1.68. The molecule has 0 aromatic heterocycles. The third-order valence-corrected chi connectivity index (χ3v) is 12.5. The lowest BCUT2D eigenvalue weighted by molar-refractivity contribution is 0.260. The molecule has 134 valence electrons. The van der Waals surface area contributed by atoms with Crippen molar-refractivity contribution in [2.45, 2.75) is 123 Å². The van der Waals surface area contributed by atoms with E-state index >= 15 is 0 Å². The molecule has 0 aliphatic heterocycles. The predicted molar refractivity (Wildman–Crippen MR) is 104 cm³/mol. The van der Waals surface area contributed by atoms with E-state index in [0.717, 1.165) is 23.2 Å². The summed E-state index contributed by atoms with van der Waals surface area (Å²) in [6.07, 6.45) is 12.0. The highest BCUT2D eigenvalue weighted by molar-refractivity contribution is 6.77. The molecule has 1 nitrogen and oxygen atoms in total. The maximum atomic E-state index is 6.83. The Morgan fingerprint density at radius 2 is 1.05 bits per heavy atom. The summed E-state index contributed by atoms with van der Waals surface area (Å²) in [5, 5.41) is 0. The van der Waals surface area contributed by atoms with Gasteiger partial charge in [-0.3, -0.25) is 0 Å². The van der Waals surface area contributed by atoms with Crippen LogP contribution in [0.1, 0.15) is 106 Å². The van der Waals surface area contributed by atoms with Gasteiger partial charge in [0.25, 0.3) is 0 Å². The highest BCUT2D eigenvalue weighted by atomic mass is 28.4. The van der Waals surface area contributed by atoms with Crippen molar-refractivity contribution in [2.75, 3.05) is 6.61 Å². The average molecular weight is 329 g/mol. The summed E-state index contributed by atoms with van der Waals surface area (Å²) < 4.78 is 6.83. The Morgan fingerprint density at radius 3 is 1.45 bits per heavy atom. The molecule has 3 unspecified atom stereocenters. The molecule has 0 aliphatic rings. The molecule has 0 aromatic carbocycles. The van der Waals surface area contributed by atoms with Crippen LogP contribution in [-0.4, -0.2) is 14.9 Å². The Bertz CT molecular complexity index is 228. The van der Waals surface area contributed by atoms with E-state index in [4.69, 9.17) is 4.43 Å². The first-order chi connectivity index (χ1) is 10.5. The molecular weight excluding hydrogens is 284 g/mol. The first-order valence-corrected chi connectivity index (χ1v) is 12.3. The van der Waals surface area contributed by atoms with Gasteiger partial charge in [0.05, 0.1) is 0 Å². The fourth-order valence-electron chi connectivity index (χ4n) is 3.97. The van der Waals surface area contributed by atoms with E-state index in [1.165, 1.54) is 57.8 Å². The standard InChI is InChI=1S/C20H44OSi/c1-8-12-13-14-15-16-17-21-22(18(5)9-2,19(6)10-3)20(7)11-4/h18-20H,8-17H2,1-7H3. The van der Waals surface area contributed by atoms with Gasteiger partial charge >= 0.3 is 0 Å². The lowest BCUT2D eigenvalue weighted by atomic mass is 10.1. The molecule has 0 N–H and O–H groups in total. The van der Waals surface area contributed by atoms with Crippen LogP contribution in [0.2, 0.25) is 16.6 Å². The topological polar surface area (TPSA) is 9.23 Å². The second-order valence-electron chi connectivity index (χ2n) is 7.40. The summed E-state index contributed by atoms with van der Waals surface area (Å²) in [4.78, 5) is 0. The molecule has 0 saturated carbocycles. The second-order valence-corrected chi connectivity index (χ2v) is 12.4. The molecule has 0 amide bonds. The zero-order chi connectivity index (χ0) is 17.0. The second kappa shape index (κ2) is 12.6. The number of hydrogen-bond acceptors (Lipinski definition) is 1. The minimum atomic E-state index is -1.68. The van der Waals surface area contributed by atoms with Crippen LogP contribution < -0.4 is 0 Å². The van der Waals surface area contributed by atoms with Gasteiger partial charge in [-0.15, -0.1) is 0 Å². The van der Waals surface area contributed by atoms with Crippen LogP contribution in [0, 0.1) is 0 Å². The van der Waals surface area contributed by atoms with E-state index in [-0.39, 0.29) is 0 Å². The van der Waals surface area contributed by atoms with Crippen molar-refractivity contribution in [2.24, 2.45) is 0 Å². The average Bonchev–Trinajstić information content (AvgIpc) is 2.55. The molecule has 0 spiro atoms. The zero-order valence-electron chi connectivity index (χ0n) is 16.7. The van der Waals surface area contributed by atoms with E-state index in [2.05, 4.69) is 48.5 Å². The molecule has 0 aromatic rings. The third kappa shape index (κ3) is 6.35. The summed E-state index contributed by atoms with van der Waals surface area (Å²) in [5.41, 5.74) is 2.33. The van der Waals surface area contributed by atoms with Crippen molar-refractivity contribution in [1.82, 2.24) is 0 Å². The normalized spacial score (nSPS) is 18.7. The Morgan fingerprint density at radius 1 is 0.636 bits per heavy atom. The van der Waals surface area contributed by atoms with Crippen molar-refractivity contribution < 1.29 is 4.43 Å². The Hall–Kier alpha value is 0.177. The Kier molecular flexibility index (Phi) is 12.7. The molecule has 0 rings (SSSR count). The maximum absolute atomic E-state index is 6.83. The lowest BCUT2D eigenvalue weighted by Gasteiger charge is -2.45. The van der Waals surface area contributed by atoms with Crippen LogP contribution in [-0.2, 0) is 4.43 Å². The highest BCUT2D eigenvalue weighted by Gasteiger charge is 2.48. The van der Waals surface area contributed by atoms with E-state index in [1.807, 2.05) is 0 Å². The van der Waals surface area contributed by atoms with Gasteiger partial charge in [-0.2, -0.15) is 0 Å². The third-order valence-electron chi connectivity index (χ3n) is 6.00. The van der Waals surface area contributed by atoms with Gasteiger partial charge in [-0.05, 0) is 23.0 Å². The van der Waals surface area contributed by atoms with Crippen LogP contribution in [0.5, 0.6) is 0 Å². The van der Waals surface area contributed by atoms with Gasteiger partial charge < -0.3 is 4.43 Å². The van der Waals surface area contributed by atoms with Crippen molar-refractivity contribution in [3.63, 3.8) is 0 Å². The lowest BCUT2D eigenvalue weighted by Crippen LogP contribution is -2.50. The Balaban J connectivity index is 4.64. The van der Waals surface area contributed by atoms with Crippen LogP contribution in [0.15, 0.2) is 0 Å². The minimum Gasteiger partial charge on any atom is -0.416 e. The quantitative estimate of drug-likeness (QED) is 0.234. The van der Waals surface area contributed by atoms with Gasteiger partial charge in [0.1, 0.15) is 0 Å². The first-order valence-electron chi connectivity index (χ1n) is 10.1. The molecule has 0 heterocycles. The number of hydrogen-bond donors (Lipinski definition) is 0. The molecule has 3 atom stereocenters. The molecule has 2 heteroatoms. The first kappa shape index (κ1) is 22.2. The van der Waals surface area contributed by atoms with Crippen LogP contribution in [0.25, 0.3) is 0 Å². The smallest absolute Gasteiger partial charge is 0.201 e. The molecule has 22 heavy (non-hydrogen) atoms. The van der Waals surface area contributed by atoms with Gasteiger partial charge in [0.15, 0.2) is 0 Å². The molecule has 0 radical (unpaired) electrons. The highest BCUT2D eigenvalue weighted by Crippen LogP contribution is 2.47. The van der Waals surface area contributed by atoms with E-state index in [0.29, 0.717) is 0 Å². The number of rotatable bonds is 14. The van der Waals surface area contributed by atoms with Gasteiger partial charge in [0.2, 0.25) is 8.32 Å². The SMILES string of the molecule is CCCCCCCCO[Si](C(C)CC)(C(C)CC)C(C)CC. The minimum absolute atomic E-state index is 0.775. The molecular formula is C20H44OSi. The largest absolute Gasteiger partial charge is 0.416 e. The molecule has 0 saturated heterocycles. The summed E-state index contributed by atoms with van der Waals surface area (Å²) in [6, 6.07) is 0. The maximum Gasteiger partial charge on any atom is 0.201 e. The van der Waals surface area contributed by atoms with Crippen molar-refractivity contribution in [3.05, 3.63) is 0 Å². The predicted octanol–water partition coefficient (Wildman–Crippen LogP) is 7.71. The van der Waals surface area contributed by atoms with Crippen LogP contribution in [0.4, 0.5) is 0 Å². The van der Waals surface area contributed by atoms with E-state index in [1.54, 1.807) is 0 Å². The van der Waals surface area contributed by atoms with Crippen molar-refractivity contribution >= 4 is 8.32 Å². The van der Waals surface area contributed by atoms with Gasteiger partial charge in [-0.1, -0.05) is 99.8 Å². The molecule has 0 bridgehead atoms. The molecule has 0 aliphatic carbocycles. The fraction of sp³-hybridized carbons (Fsp3) is 1.00. The Labute approximate surface area is 142 Å².